The summed E-state index contributed by atoms with van der Waals surface area (Å²) in [6.07, 6.45) is 3.70. The molecular formula is C29H25F2N5O4. The normalized spacial score (nSPS) is 13.7. The van der Waals surface area contributed by atoms with Crippen molar-refractivity contribution in [3.63, 3.8) is 0 Å². The van der Waals surface area contributed by atoms with Crippen LogP contribution in [0.25, 0.3) is 11.1 Å². The van der Waals surface area contributed by atoms with Gasteiger partial charge in [-0.05, 0) is 71.8 Å². The number of anilines is 1. The molecule has 1 saturated heterocycles. The molecule has 0 unspecified atom stereocenters. The molecule has 11 heteroatoms. The Hall–Kier alpha value is -4.93. The van der Waals surface area contributed by atoms with E-state index in [4.69, 9.17) is 0 Å². The Morgan fingerprint density at radius 1 is 0.975 bits per heavy atom. The predicted molar refractivity (Wildman–Crippen MR) is 144 cm³/mol. The van der Waals surface area contributed by atoms with Crippen molar-refractivity contribution in [1.29, 1.82) is 0 Å². The molecular weight excluding hydrogens is 520 g/mol. The number of nitrogens with zero attached hydrogens (tertiary/aromatic N) is 4. The van der Waals surface area contributed by atoms with Crippen LogP contribution in [0.5, 0.6) is 0 Å². The smallest absolute Gasteiger partial charge is 0.307 e. The highest BCUT2D eigenvalue weighted by Gasteiger charge is 2.26. The van der Waals surface area contributed by atoms with Crippen LogP contribution in [0.3, 0.4) is 0 Å². The molecule has 0 radical (unpaired) electrons. The lowest BCUT2D eigenvalue weighted by Gasteiger charge is -2.32. The number of nitrogens with one attached hydrogen (secondary N) is 1. The molecule has 0 saturated carbocycles. The average molecular weight is 546 g/mol. The first-order valence-electron chi connectivity index (χ1n) is 12.7. The maximum absolute atomic E-state index is 14.9. The Labute approximate surface area is 228 Å². The van der Waals surface area contributed by atoms with Crippen molar-refractivity contribution < 1.29 is 23.3 Å². The van der Waals surface area contributed by atoms with Gasteiger partial charge in [0.25, 0.3) is 5.91 Å². The van der Waals surface area contributed by atoms with Gasteiger partial charge < -0.3 is 10.2 Å². The van der Waals surface area contributed by atoms with E-state index in [0.29, 0.717) is 42.7 Å². The van der Waals surface area contributed by atoms with Gasteiger partial charge in [0.2, 0.25) is 5.91 Å². The summed E-state index contributed by atoms with van der Waals surface area (Å²) >= 11 is 0. The Bertz CT molecular complexity index is 1550. The lowest BCUT2D eigenvalue weighted by Crippen LogP contribution is -2.38. The molecule has 0 atom stereocenters. The third-order valence-electron chi connectivity index (χ3n) is 6.96. The number of aromatic nitrogens is 2. The second kappa shape index (κ2) is 11.4. The molecule has 1 aromatic heterocycles. The van der Waals surface area contributed by atoms with Crippen LogP contribution < -0.4 is 5.32 Å². The lowest BCUT2D eigenvalue weighted by atomic mass is 9.89. The third kappa shape index (κ3) is 6.04. The minimum atomic E-state index is -0.614. The summed E-state index contributed by atoms with van der Waals surface area (Å²) in [7, 11) is 0. The maximum atomic E-state index is 14.9. The van der Waals surface area contributed by atoms with Crippen LogP contribution in [-0.4, -0.2) is 44.5 Å². The Morgan fingerprint density at radius 3 is 2.27 bits per heavy atom. The van der Waals surface area contributed by atoms with Crippen molar-refractivity contribution in [3.05, 3.63) is 112 Å². The Kier molecular flexibility index (Phi) is 7.63. The molecule has 9 nitrogen and oxygen atoms in total. The summed E-state index contributed by atoms with van der Waals surface area (Å²) in [4.78, 5) is 37.1. The second-order valence-electron chi connectivity index (χ2n) is 9.59. The van der Waals surface area contributed by atoms with Crippen molar-refractivity contribution in [2.75, 3.05) is 18.4 Å². The molecule has 1 aliphatic heterocycles. The van der Waals surface area contributed by atoms with Gasteiger partial charge in [-0.15, -0.1) is 0 Å². The molecule has 3 aromatic carbocycles. The number of rotatable bonds is 7. The van der Waals surface area contributed by atoms with E-state index < -0.39 is 10.7 Å². The van der Waals surface area contributed by atoms with Gasteiger partial charge in [0.15, 0.2) is 0 Å². The SMILES string of the molecule is O=C(Cn1cc([N+](=O)[O-])cn1)Nc1ccc(C2CCN(C(=O)c3ccc(-c4ccc(F)cc4)cc3F)CC2)cc1. The van der Waals surface area contributed by atoms with Crippen molar-refractivity contribution >= 4 is 23.2 Å². The average Bonchev–Trinajstić information content (AvgIpc) is 3.42. The molecule has 2 amide bonds. The molecule has 2 heterocycles. The van der Waals surface area contributed by atoms with Crippen LogP contribution in [0.15, 0.2) is 79.1 Å². The van der Waals surface area contributed by atoms with E-state index in [1.165, 1.54) is 35.1 Å². The number of hydrogen-bond acceptors (Lipinski definition) is 5. The molecule has 204 valence electrons. The predicted octanol–water partition coefficient (Wildman–Crippen LogP) is 5.40. The molecule has 40 heavy (non-hydrogen) atoms. The number of piperidine rings is 1. The summed E-state index contributed by atoms with van der Waals surface area (Å²) in [6, 6.07) is 17.6. The monoisotopic (exact) mass is 545 g/mol. The van der Waals surface area contributed by atoms with Crippen LogP contribution >= 0.6 is 0 Å². The van der Waals surface area contributed by atoms with Gasteiger partial charge in [0, 0.05) is 18.8 Å². The van der Waals surface area contributed by atoms with Gasteiger partial charge in [-0.3, -0.25) is 24.4 Å². The van der Waals surface area contributed by atoms with E-state index in [9.17, 15) is 28.5 Å². The van der Waals surface area contributed by atoms with Gasteiger partial charge >= 0.3 is 5.69 Å². The summed E-state index contributed by atoms with van der Waals surface area (Å²) in [5, 5.41) is 17.3. The van der Waals surface area contributed by atoms with Gasteiger partial charge in [-0.1, -0.05) is 30.3 Å². The highest BCUT2D eigenvalue weighted by atomic mass is 19.1. The fourth-order valence-corrected chi connectivity index (χ4v) is 4.82. The van der Waals surface area contributed by atoms with Gasteiger partial charge in [-0.25, -0.2) is 8.78 Å². The second-order valence-corrected chi connectivity index (χ2v) is 9.59. The number of halogens is 2. The highest BCUT2D eigenvalue weighted by Crippen LogP contribution is 2.30. The topological polar surface area (TPSA) is 110 Å². The minimum absolute atomic E-state index is 0.00845. The van der Waals surface area contributed by atoms with E-state index in [1.54, 1.807) is 35.2 Å². The van der Waals surface area contributed by atoms with Crippen molar-refractivity contribution in [2.24, 2.45) is 0 Å². The van der Waals surface area contributed by atoms with Crippen molar-refractivity contribution in [1.82, 2.24) is 14.7 Å². The van der Waals surface area contributed by atoms with Crippen molar-refractivity contribution in [3.8, 4) is 11.1 Å². The van der Waals surface area contributed by atoms with E-state index in [1.807, 2.05) is 12.1 Å². The summed E-state index contributed by atoms with van der Waals surface area (Å²) in [5.41, 5.74) is 2.71. The van der Waals surface area contributed by atoms with Gasteiger partial charge in [0.1, 0.15) is 30.6 Å². The number of carbonyl (C=O) groups excluding carboxylic acids is 2. The highest BCUT2D eigenvalue weighted by molar-refractivity contribution is 5.95. The minimum Gasteiger partial charge on any atom is -0.339 e. The van der Waals surface area contributed by atoms with Crippen LogP contribution in [0.2, 0.25) is 0 Å². The fourth-order valence-electron chi connectivity index (χ4n) is 4.82. The zero-order chi connectivity index (χ0) is 28.2. The van der Waals surface area contributed by atoms with Crippen LogP contribution in [-0.2, 0) is 11.3 Å². The molecule has 1 N–H and O–H groups in total. The summed E-state index contributed by atoms with van der Waals surface area (Å²) in [6.45, 7) is 0.811. The number of likely N-dealkylation sites (tertiary alicyclic amines) is 1. The molecule has 1 fully saturated rings. The van der Waals surface area contributed by atoms with Gasteiger partial charge in [-0.2, -0.15) is 5.10 Å². The molecule has 0 bridgehead atoms. The first kappa shape index (κ1) is 26.7. The largest absolute Gasteiger partial charge is 0.339 e. The zero-order valence-corrected chi connectivity index (χ0v) is 21.3. The number of nitro groups is 1. The number of benzene rings is 3. The Balaban J connectivity index is 1.14. The summed E-state index contributed by atoms with van der Waals surface area (Å²) < 4.78 is 29.2. The van der Waals surface area contributed by atoms with Crippen molar-refractivity contribution in [2.45, 2.75) is 25.3 Å². The quantitative estimate of drug-likeness (QED) is 0.247. The van der Waals surface area contributed by atoms with E-state index in [-0.39, 0.29) is 41.3 Å². The first-order valence-corrected chi connectivity index (χ1v) is 12.7. The molecule has 0 spiro atoms. The van der Waals surface area contributed by atoms with Crippen LogP contribution in [0, 0.1) is 21.7 Å². The van der Waals surface area contributed by atoms with E-state index in [0.717, 1.165) is 11.8 Å². The third-order valence-corrected chi connectivity index (χ3v) is 6.96. The summed E-state index contributed by atoms with van der Waals surface area (Å²) in [5.74, 6) is -1.50. The Morgan fingerprint density at radius 2 is 1.65 bits per heavy atom. The van der Waals surface area contributed by atoms with Crippen LogP contribution in [0.4, 0.5) is 20.2 Å². The number of carbonyl (C=O) groups is 2. The van der Waals surface area contributed by atoms with Gasteiger partial charge in [0.05, 0.1) is 10.5 Å². The standard InChI is InChI=1S/C29H25F2N5O4/c30-23-6-1-20(2-7-23)22-5-10-26(27(31)15-22)29(38)34-13-11-21(12-14-34)19-3-8-24(9-4-19)33-28(37)18-35-17-25(16-32-35)36(39)40/h1-10,15-17,21H,11-14,18H2,(H,33,37). The van der Waals surface area contributed by atoms with E-state index in [2.05, 4.69) is 10.4 Å². The number of amides is 2. The van der Waals surface area contributed by atoms with Crippen LogP contribution in [0.1, 0.15) is 34.7 Å². The zero-order valence-electron chi connectivity index (χ0n) is 21.3. The first-order chi connectivity index (χ1) is 19.3. The van der Waals surface area contributed by atoms with E-state index >= 15 is 0 Å². The number of hydrogen-bond donors (Lipinski definition) is 1. The molecule has 4 aromatic rings. The maximum Gasteiger partial charge on any atom is 0.307 e. The fraction of sp³-hybridized carbons (Fsp3) is 0.207. The molecule has 0 aliphatic carbocycles. The molecule has 1 aliphatic rings. The lowest BCUT2D eigenvalue weighted by molar-refractivity contribution is -0.385. The molecule has 5 rings (SSSR count).